The average Bonchev–Trinajstić information content (AvgIpc) is 3.22. The molecule has 2 aliphatic rings. The van der Waals surface area contributed by atoms with Crippen molar-refractivity contribution in [3.05, 3.63) is 69.6 Å². The lowest BCUT2D eigenvalue weighted by Gasteiger charge is -2.35. The molecule has 0 unspecified atom stereocenters. The minimum Gasteiger partial charge on any atom is -0.325 e. The van der Waals surface area contributed by atoms with Gasteiger partial charge in [-0.15, -0.1) is 0 Å². The highest BCUT2D eigenvalue weighted by molar-refractivity contribution is 6.31. The Kier molecular flexibility index (Phi) is 3.94. The van der Waals surface area contributed by atoms with Crippen molar-refractivity contribution in [1.82, 2.24) is 14.8 Å². The summed E-state index contributed by atoms with van der Waals surface area (Å²) in [5.41, 5.74) is 1.62. The normalized spacial score (nSPS) is 20.0. The summed E-state index contributed by atoms with van der Waals surface area (Å²) in [5.74, 6) is 0.147. The minimum absolute atomic E-state index is 0.0144. The number of carbonyl (C=O) groups is 2. The van der Waals surface area contributed by atoms with Gasteiger partial charge in [0.15, 0.2) is 0 Å². The van der Waals surface area contributed by atoms with E-state index < -0.39 is 5.41 Å². The number of hydrogen-bond acceptors (Lipinski definition) is 4. The fourth-order valence-corrected chi connectivity index (χ4v) is 4.42. The SMILES string of the molecule is CN1C(=O)C[C@]2(C(=O)Nc3ccc(Cl)cc32)c2cnn(Cc3ccc(Cl)cn3)c21. The molecule has 0 saturated carbocycles. The predicted molar refractivity (Wildman–Crippen MR) is 109 cm³/mol. The highest BCUT2D eigenvalue weighted by Crippen LogP contribution is 2.51. The van der Waals surface area contributed by atoms with Crippen LogP contribution in [0, 0.1) is 0 Å². The highest BCUT2D eigenvalue weighted by atomic mass is 35.5. The van der Waals surface area contributed by atoms with Crippen molar-refractivity contribution in [2.75, 3.05) is 17.3 Å². The van der Waals surface area contributed by atoms with Gasteiger partial charge in [0.05, 0.1) is 29.9 Å². The van der Waals surface area contributed by atoms with Crippen LogP contribution < -0.4 is 10.2 Å². The van der Waals surface area contributed by atoms with Crippen LogP contribution in [0.5, 0.6) is 0 Å². The fourth-order valence-electron chi connectivity index (χ4n) is 4.13. The monoisotopic (exact) mass is 427 g/mol. The van der Waals surface area contributed by atoms with Crippen molar-refractivity contribution in [1.29, 1.82) is 0 Å². The molecule has 146 valence electrons. The van der Waals surface area contributed by atoms with E-state index in [-0.39, 0.29) is 18.2 Å². The van der Waals surface area contributed by atoms with E-state index in [4.69, 9.17) is 23.2 Å². The smallest absolute Gasteiger partial charge is 0.240 e. The summed E-state index contributed by atoms with van der Waals surface area (Å²) in [6.45, 7) is 0.338. The number of aromatic nitrogens is 3. The first kappa shape index (κ1) is 18.1. The third-order valence-corrected chi connectivity index (χ3v) is 6.02. The molecule has 0 bridgehead atoms. The number of halogens is 2. The molecule has 29 heavy (non-hydrogen) atoms. The van der Waals surface area contributed by atoms with Gasteiger partial charge in [-0.05, 0) is 35.9 Å². The van der Waals surface area contributed by atoms with Crippen molar-refractivity contribution in [2.45, 2.75) is 18.4 Å². The lowest BCUT2D eigenvalue weighted by molar-refractivity contribution is -0.126. The van der Waals surface area contributed by atoms with Crippen molar-refractivity contribution >= 4 is 46.5 Å². The molecule has 0 radical (unpaired) electrons. The van der Waals surface area contributed by atoms with Gasteiger partial charge in [-0.2, -0.15) is 5.10 Å². The third-order valence-electron chi connectivity index (χ3n) is 5.56. The van der Waals surface area contributed by atoms with Gasteiger partial charge in [0.25, 0.3) is 0 Å². The molecule has 3 aromatic rings. The van der Waals surface area contributed by atoms with E-state index in [9.17, 15) is 9.59 Å². The van der Waals surface area contributed by atoms with Crippen LogP contribution >= 0.6 is 23.2 Å². The molecule has 1 atom stereocenters. The molecule has 7 nitrogen and oxygen atoms in total. The maximum Gasteiger partial charge on any atom is 0.240 e. The van der Waals surface area contributed by atoms with Gasteiger partial charge in [0, 0.05) is 29.5 Å². The van der Waals surface area contributed by atoms with Gasteiger partial charge >= 0.3 is 0 Å². The number of rotatable bonds is 2. The number of carbonyl (C=O) groups excluding carboxylic acids is 2. The molecular formula is C20H15Cl2N5O2. The van der Waals surface area contributed by atoms with Gasteiger partial charge in [-0.3, -0.25) is 19.5 Å². The molecule has 1 aromatic carbocycles. The van der Waals surface area contributed by atoms with Crippen LogP contribution in [0.15, 0.2) is 42.7 Å². The first-order chi connectivity index (χ1) is 13.9. The van der Waals surface area contributed by atoms with Crippen LogP contribution in [0.4, 0.5) is 11.5 Å². The number of nitrogens with one attached hydrogen (secondary N) is 1. The molecule has 2 aromatic heterocycles. The molecule has 2 aliphatic heterocycles. The number of benzene rings is 1. The molecule has 1 N–H and O–H groups in total. The maximum atomic E-state index is 13.2. The zero-order chi connectivity index (χ0) is 20.3. The minimum atomic E-state index is -1.15. The van der Waals surface area contributed by atoms with Crippen LogP contribution in [0.25, 0.3) is 0 Å². The van der Waals surface area contributed by atoms with Gasteiger partial charge < -0.3 is 5.32 Å². The summed E-state index contributed by atoms with van der Waals surface area (Å²) in [6, 6.07) is 8.77. The number of pyridine rings is 1. The first-order valence-corrected chi connectivity index (χ1v) is 9.70. The van der Waals surface area contributed by atoms with Crippen LogP contribution in [0.2, 0.25) is 10.0 Å². The second kappa shape index (κ2) is 6.30. The van der Waals surface area contributed by atoms with Gasteiger partial charge in [0.2, 0.25) is 11.8 Å². The van der Waals surface area contributed by atoms with Crippen molar-refractivity contribution in [2.24, 2.45) is 0 Å². The molecule has 4 heterocycles. The predicted octanol–water partition coefficient (Wildman–Crippen LogP) is 3.24. The van der Waals surface area contributed by atoms with Gasteiger partial charge in [-0.1, -0.05) is 23.2 Å². The van der Waals surface area contributed by atoms with Crippen molar-refractivity contribution in [3.8, 4) is 0 Å². The van der Waals surface area contributed by atoms with Crippen LogP contribution in [0.3, 0.4) is 0 Å². The standard InChI is InChI=1S/C20H15Cl2N5O2/c1-26-17(28)7-20(14-6-11(21)3-5-16(14)25-19(20)29)15-9-24-27(18(15)26)10-13-4-2-12(22)8-23-13/h2-6,8-9H,7,10H2,1H3,(H,25,29)/t20-/m1/s1. The molecule has 5 rings (SSSR count). The number of hydrogen-bond donors (Lipinski definition) is 1. The maximum absolute atomic E-state index is 13.2. The molecular weight excluding hydrogens is 413 g/mol. The Morgan fingerprint density at radius 2 is 1.90 bits per heavy atom. The van der Waals surface area contributed by atoms with Crippen molar-refractivity contribution < 1.29 is 9.59 Å². The van der Waals surface area contributed by atoms with Crippen LogP contribution in [0.1, 0.15) is 23.2 Å². The van der Waals surface area contributed by atoms with Gasteiger partial charge in [0.1, 0.15) is 11.2 Å². The molecule has 0 fully saturated rings. The van der Waals surface area contributed by atoms with E-state index in [1.165, 1.54) is 0 Å². The second-order valence-corrected chi connectivity index (χ2v) is 8.06. The van der Waals surface area contributed by atoms with Gasteiger partial charge in [-0.25, -0.2) is 4.68 Å². The summed E-state index contributed by atoms with van der Waals surface area (Å²) >= 11 is 12.1. The van der Waals surface area contributed by atoms with Crippen LogP contribution in [-0.4, -0.2) is 33.6 Å². The number of amides is 2. The topological polar surface area (TPSA) is 80.1 Å². The van der Waals surface area contributed by atoms with Crippen molar-refractivity contribution in [3.63, 3.8) is 0 Å². The van der Waals surface area contributed by atoms with E-state index >= 15 is 0 Å². The summed E-state index contributed by atoms with van der Waals surface area (Å²) < 4.78 is 1.68. The van der Waals surface area contributed by atoms with E-state index in [1.807, 2.05) is 0 Å². The first-order valence-electron chi connectivity index (χ1n) is 8.95. The molecule has 0 saturated heterocycles. The van der Waals surface area contributed by atoms with E-state index in [0.29, 0.717) is 39.2 Å². The van der Waals surface area contributed by atoms with E-state index in [1.54, 1.807) is 59.4 Å². The highest BCUT2D eigenvalue weighted by Gasteiger charge is 2.55. The number of anilines is 2. The molecule has 0 aliphatic carbocycles. The summed E-state index contributed by atoms with van der Waals surface area (Å²) in [5, 5.41) is 8.43. The zero-order valence-electron chi connectivity index (χ0n) is 15.3. The number of nitrogens with zero attached hydrogens (tertiary/aromatic N) is 4. The van der Waals surface area contributed by atoms with E-state index in [0.717, 1.165) is 5.69 Å². The zero-order valence-corrected chi connectivity index (χ0v) is 16.8. The Hall–Kier alpha value is -2.90. The largest absolute Gasteiger partial charge is 0.325 e. The Balaban J connectivity index is 1.68. The average molecular weight is 428 g/mol. The van der Waals surface area contributed by atoms with Crippen LogP contribution in [-0.2, 0) is 21.5 Å². The van der Waals surface area contributed by atoms with E-state index in [2.05, 4.69) is 15.4 Å². The summed E-state index contributed by atoms with van der Waals surface area (Å²) in [6.07, 6.45) is 3.23. The molecule has 2 amide bonds. The Morgan fingerprint density at radius 3 is 2.66 bits per heavy atom. The Labute approximate surface area is 176 Å². The Morgan fingerprint density at radius 1 is 1.10 bits per heavy atom. The third kappa shape index (κ3) is 2.58. The lowest BCUT2D eigenvalue weighted by Crippen LogP contribution is -2.47. The number of fused-ring (bicyclic) bond motifs is 4. The molecule has 1 spiro atoms. The molecule has 9 heteroatoms. The quantitative estimate of drug-likeness (QED) is 0.680. The lowest BCUT2D eigenvalue weighted by atomic mass is 9.71. The second-order valence-electron chi connectivity index (χ2n) is 7.19. The fraction of sp³-hybridized carbons (Fsp3) is 0.200. The Bertz CT molecular complexity index is 1170. The summed E-state index contributed by atoms with van der Waals surface area (Å²) in [4.78, 5) is 31.9. The summed E-state index contributed by atoms with van der Waals surface area (Å²) in [7, 11) is 1.69.